The Morgan fingerprint density at radius 3 is 2.43 bits per heavy atom. The Morgan fingerprint density at radius 1 is 1.00 bits per heavy atom. The lowest BCUT2D eigenvalue weighted by molar-refractivity contribution is 1.21. The minimum Gasteiger partial charge on any atom is -0.397 e. The molecular formula is C12H12N2. The van der Waals surface area contributed by atoms with E-state index in [1.54, 1.807) is 0 Å². The lowest BCUT2D eigenvalue weighted by Crippen LogP contribution is -1.94. The molecule has 2 aromatic rings. The third kappa shape index (κ3) is 1.59. The summed E-state index contributed by atoms with van der Waals surface area (Å²) in [5, 5.41) is 0. The SMILES string of the molecule is Cc1ccc(N)c(-c2ccccc2)n1. The summed E-state index contributed by atoms with van der Waals surface area (Å²) in [6, 6.07) is 13.8. The highest BCUT2D eigenvalue weighted by atomic mass is 14.7. The van der Waals surface area contributed by atoms with E-state index in [0.717, 1.165) is 22.6 Å². The molecule has 0 aliphatic carbocycles. The summed E-state index contributed by atoms with van der Waals surface area (Å²) in [7, 11) is 0. The van der Waals surface area contributed by atoms with Crippen molar-refractivity contribution in [1.82, 2.24) is 4.98 Å². The molecule has 0 unspecified atom stereocenters. The summed E-state index contributed by atoms with van der Waals surface area (Å²) in [4.78, 5) is 4.42. The Kier molecular flexibility index (Phi) is 2.19. The summed E-state index contributed by atoms with van der Waals surface area (Å²) >= 11 is 0. The van der Waals surface area contributed by atoms with Gasteiger partial charge in [-0.1, -0.05) is 30.3 Å². The van der Waals surface area contributed by atoms with Gasteiger partial charge in [0.15, 0.2) is 0 Å². The zero-order chi connectivity index (χ0) is 9.97. The van der Waals surface area contributed by atoms with Crippen LogP contribution in [0.15, 0.2) is 42.5 Å². The molecule has 1 heterocycles. The molecule has 2 nitrogen and oxygen atoms in total. The highest BCUT2D eigenvalue weighted by Gasteiger charge is 2.02. The first-order valence-electron chi connectivity index (χ1n) is 4.56. The van der Waals surface area contributed by atoms with Crippen LogP contribution < -0.4 is 5.73 Å². The van der Waals surface area contributed by atoms with Crippen LogP contribution in [0.3, 0.4) is 0 Å². The van der Waals surface area contributed by atoms with Crippen LogP contribution in [0, 0.1) is 6.92 Å². The Balaban J connectivity index is 2.57. The number of hydrogen-bond acceptors (Lipinski definition) is 2. The number of nitrogens with two attached hydrogens (primary N) is 1. The smallest absolute Gasteiger partial charge is 0.0934 e. The first kappa shape index (κ1) is 8.75. The van der Waals surface area contributed by atoms with E-state index in [1.807, 2.05) is 49.4 Å². The van der Waals surface area contributed by atoms with Crippen molar-refractivity contribution in [2.45, 2.75) is 6.92 Å². The van der Waals surface area contributed by atoms with Crippen molar-refractivity contribution in [1.29, 1.82) is 0 Å². The quantitative estimate of drug-likeness (QED) is 0.740. The van der Waals surface area contributed by atoms with Gasteiger partial charge in [-0.2, -0.15) is 0 Å². The molecule has 0 bridgehead atoms. The van der Waals surface area contributed by atoms with E-state index in [2.05, 4.69) is 4.98 Å². The maximum absolute atomic E-state index is 5.86. The van der Waals surface area contributed by atoms with Gasteiger partial charge in [0.2, 0.25) is 0 Å². The molecule has 0 aliphatic heterocycles. The average Bonchev–Trinajstić information content (AvgIpc) is 2.23. The number of pyridine rings is 1. The van der Waals surface area contributed by atoms with Crippen LogP contribution >= 0.6 is 0 Å². The molecule has 0 saturated heterocycles. The van der Waals surface area contributed by atoms with Gasteiger partial charge in [0, 0.05) is 11.3 Å². The fourth-order valence-electron chi connectivity index (χ4n) is 1.39. The minimum absolute atomic E-state index is 0.724. The van der Waals surface area contributed by atoms with Gasteiger partial charge in [-0.05, 0) is 19.1 Å². The minimum atomic E-state index is 0.724. The highest BCUT2D eigenvalue weighted by molar-refractivity contribution is 5.72. The monoisotopic (exact) mass is 184 g/mol. The van der Waals surface area contributed by atoms with Crippen LogP contribution in [0.5, 0.6) is 0 Å². The fourth-order valence-corrected chi connectivity index (χ4v) is 1.39. The van der Waals surface area contributed by atoms with E-state index in [0.29, 0.717) is 0 Å². The predicted octanol–water partition coefficient (Wildman–Crippen LogP) is 2.64. The molecule has 0 radical (unpaired) electrons. The molecule has 1 aromatic heterocycles. The molecule has 0 saturated carbocycles. The Bertz CT molecular complexity index is 435. The number of benzene rings is 1. The van der Waals surface area contributed by atoms with Crippen molar-refractivity contribution < 1.29 is 0 Å². The number of rotatable bonds is 1. The van der Waals surface area contributed by atoms with E-state index in [1.165, 1.54) is 0 Å². The van der Waals surface area contributed by atoms with Gasteiger partial charge in [0.1, 0.15) is 0 Å². The summed E-state index contributed by atoms with van der Waals surface area (Å²) in [5.41, 5.74) is 9.50. The number of nitrogen functional groups attached to an aromatic ring is 1. The summed E-state index contributed by atoms with van der Waals surface area (Å²) in [6.07, 6.45) is 0. The maximum Gasteiger partial charge on any atom is 0.0934 e. The van der Waals surface area contributed by atoms with Crippen LogP contribution in [-0.2, 0) is 0 Å². The van der Waals surface area contributed by atoms with Gasteiger partial charge < -0.3 is 5.73 Å². The second kappa shape index (κ2) is 3.50. The Labute approximate surface area is 83.4 Å². The van der Waals surface area contributed by atoms with Crippen molar-refractivity contribution in [2.75, 3.05) is 5.73 Å². The van der Waals surface area contributed by atoms with Crippen LogP contribution in [0.25, 0.3) is 11.3 Å². The summed E-state index contributed by atoms with van der Waals surface area (Å²) < 4.78 is 0. The van der Waals surface area contributed by atoms with Gasteiger partial charge in [-0.3, -0.25) is 4.98 Å². The van der Waals surface area contributed by atoms with Gasteiger partial charge in [-0.15, -0.1) is 0 Å². The molecule has 2 rings (SSSR count). The fraction of sp³-hybridized carbons (Fsp3) is 0.0833. The van der Waals surface area contributed by atoms with Crippen LogP contribution in [0.1, 0.15) is 5.69 Å². The largest absolute Gasteiger partial charge is 0.397 e. The molecular weight excluding hydrogens is 172 g/mol. The average molecular weight is 184 g/mol. The highest BCUT2D eigenvalue weighted by Crippen LogP contribution is 2.22. The molecule has 2 N–H and O–H groups in total. The number of aryl methyl sites for hydroxylation is 1. The molecule has 0 aliphatic rings. The lowest BCUT2D eigenvalue weighted by Gasteiger charge is -2.05. The zero-order valence-electron chi connectivity index (χ0n) is 8.07. The van der Waals surface area contributed by atoms with Crippen molar-refractivity contribution in [3.05, 3.63) is 48.2 Å². The molecule has 1 aromatic carbocycles. The van der Waals surface area contributed by atoms with Crippen LogP contribution in [0.4, 0.5) is 5.69 Å². The van der Waals surface area contributed by atoms with Crippen molar-refractivity contribution >= 4 is 5.69 Å². The molecule has 0 atom stereocenters. The van der Waals surface area contributed by atoms with Gasteiger partial charge >= 0.3 is 0 Å². The first-order chi connectivity index (χ1) is 6.77. The number of anilines is 1. The topological polar surface area (TPSA) is 38.9 Å². The predicted molar refractivity (Wildman–Crippen MR) is 58.8 cm³/mol. The van der Waals surface area contributed by atoms with Crippen molar-refractivity contribution in [2.24, 2.45) is 0 Å². The number of hydrogen-bond donors (Lipinski definition) is 1. The lowest BCUT2D eigenvalue weighted by atomic mass is 10.1. The molecule has 0 fully saturated rings. The summed E-state index contributed by atoms with van der Waals surface area (Å²) in [6.45, 7) is 1.96. The standard InChI is InChI=1S/C12H12N2/c1-9-7-8-11(13)12(14-9)10-5-3-2-4-6-10/h2-8H,13H2,1H3. The normalized spacial score (nSPS) is 10.1. The first-order valence-corrected chi connectivity index (χ1v) is 4.56. The van der Waals surface area contributed by atoms with E-state index >= 15 is 0 Å². The molecule has 0 spiro atoms. The number of nitrogens with zero attached hydrogens (tertiary/aromatic N) is 1. The van der Waals surface area contributed by atoms with E-state index in [-0.39, 0.29) is 0 Å². The summed E-state index contributed by atoms with van der Waals surface area (Å²) in [5.74, 6) is 0. The van der Waals surface area contributed by atoms with Gasteiger partial charge in [0.05, 0.1) is 11.4 Å². The molecule has 0 amide bonds. The van der Waals surface area contributed by atoms with E-state index in [9.17, 15) is 0 Å². The van der Waals surface area contributed by atoms with Gasteiger partial charge in [0.25, 0.3) is 0 Å². The second-order valence-electron chi connectivity index (χ2n) is 3.26. The Morgan fingerprint density at radius 2 is 1.71 bits per heavy atom. The Hall–Kier alpha value is -1.83. The third-order valence-electron chi connectivity index (χ3n) is 2.11. The molecule has 14 heavy (non-hydrogen) atoms. The second-order valence-corrected chi connectivity index (χ2v) is 3.26. The number of aromatic nitrogens is 1. The van der Waals surface area contributed by atoms with Crippen molar-refractivity contribution in [3.63, 3.8) is 0 Å². The van der Waals surface area contributed by atoms with E-state index in [4.69, 9.17) is 5.73 Å². The van der Waals surface area contributed by atoms with Crippen LogP contribution in [-0.4, -0.2) is 4.98 Å². The molecule has 2 heteroatoms. The third-order valence-corrected chi connectivity index (χ3v) is 2.11. The maximum atomic E-state index is 5.86. The van der Waals surface area contributed by atoms with Gasteiger partial charge in [-0.25, -0.2) is 0 Å². The molecule has 70 valence electrons. The van der Waals surface area contributed by atoms with E-state index < -0.39 is 0 Å². The zero-order valence-corrected chi connectivity index (χ0v) is 8.07. The van der Waals surface area contributed by atoms with Crippen LogP contribution in [0.2, 0.25) is 0 Å². The van der Waals surface area contributed by atoms with Crippen molar-refractivity contribution in [3.8, 4) is 11.3 Å².